The molecule has 0 aromatic heterocycles. The van der Waals surface area contributed by atoms with Crippen molar-refractivity contribution < 1.29 is 9.00 Å². The number of hydrogen-bond donors (Lipinski definition) is 0. The van der Waals surface area contributed by atoms with Gasteiger partial charge in [-0.15, -0.1) is 0 Å². The van der Waals surface area contributed by atoms with Crippen LogP contribution in [-0.2, 0) is 14.3 Å². The molecule has 0 aliphatic carbocycles. The maximum absolute atomic E-state index is 12.6. The molecule has 0 radical (unpaired) electrons. The van der Waals surface area contributed by atoms with Crippen LogP contribution in [0.15, 0.2) is 42.5 Å². The van der Waals surface area contributed by atoms with E-state index in [-0.39, 0.29) is 10.6 Å². The predicted octanol–water partition coefficient (Wildman–Crippen LogP) is 3.52. The Labute approximate surface area is 138 Å². The first-order valence-electron chi connectivity index (χ1n) is 7.46. The zero-order chi connectivity index (χ0) is 17.3. The van der Waals surface area contributed by atoms with Crippen LogP contribution in [-0.4, -0.2) is 27.4 Å². The van der Waals surface area contributed by atoms with E-state index in [1.54, 1.807) is 12.5 Å². The molecule has 2 rings (SSSR count). The van der Waals surface area contributed by atoms with Crippen LogP contribution < -0.4 is 0 Å². The molecule has 0 unspecified atom stereocenters. The van der Waals surface area contributed by atoms with Crippen molar-refractivity contribution in [2.45, 2.75) is 20.8 Å². The van der Waals surface area contributed by atoms with E-state index in [2.05, 4.69) is 11.8 Å². The molecule has 23 heavy (non-hydrogen) atoms. The van der Waals surface area contributed by atoms with E-state index in [0.717, 1.165) is 16.3 Å². The van der Waals surface area contributed by atoms with Gasteiger partial charge in [0.1, 0.15) is 4.86 Å². The zero-order valence-corrected chi connectivity index (χ0v) is 15.1. The Bertz CT molecular complexity index is 927. The Morgan fingerprint density at radius 2 is 1.61 bits per heavy atom. The van der Waals surface area contributed by atoms with Crippen molar-refractivity contribution >= 4 is 30.9 Å². The molecule has 2 aromatic rings. The van der Waals surface area contributed by atoms with Crippen LogP contribution in [0.4, 0.5) is 0 Å². The molecule has 0 aliphatic heterocycles. The van der Waals surface area contributed by atoms with Crippen LogP contribution in [0, 0.1) is 17.3 Å². The van der Waals surface area contributed by atoms with Crippen molar-refractivity contribution in [3.05, 3.63) is 48.0 Å². The summed E-state index contributed by atoms with van der Waals surface area (Å²) in [5.41, 5.74) is 0.239. The Kier molecular flexibility index (Phi) is 4.68. The second-order valence-electron chi connectivity index (χ2n) is 6.92. The summed E-state index contributed by atoms with van der Waals surface area (Å²) in [5.74, 6) is 5.82. The molecule has 2 aromatic carbocycles. The highest BCUT2D eigenvalue weighted by Gasteiger charge is 2.27. The highest BCUT2D eigenvalue weighted by Crippen LogP contribution is 2.18. The molecule has 0 saturated carbocycles. The van der Waals surface area contributed by atoms with Gasteiger partial charge in [-0.3, -0.25) is 9.00 Å². The van der Waals surface area contributed by atoms with Gasteiger partial charge < -0.3 is 0 Å². The Morgan fingerprint density at radius 1 is 1.00 bits per heavy atom. The summed E-state index contributed by atoms with van der Waals surface area (Å²) in [7, 11) is -2.43. The molecule has 0 spiro atoms. The van der Waals surface area contributed by atoms with Crippen molar-refractivity contribution in [3.63, 3.8) is 0 Å². The summed E-state index contributed by atoms with van der Waals surface area (Å²) in [6, 6.07) is 13.8. The van der Waals surface area contributed by atoms with Crippen molar-refractivity contribution in [3.8, 4) is 11.8 Å². The molecule has 120 valence electrons. The number of benzene rings is 2. The lowest BCUT2D eigenvalue weighted by Gasteiger charge is -2.17. The fourth-order valence-electron chi connectivity index (χ4n) is 2.20. The SMILES string of the molecule is CC(C)(C)C(=O)C(C#Cc1cccc2ccccc12)=S(C)(C)=O. The van der Waals surface area contributed by atoms with Crippen LogP contribution in [0.5, 0.6) is 0 Å². The summed E-state index contributed by atoms with van der Waals surface area (Å²) in [4.78, 5) is 12.8. The maximum atomic E-state index is 12.6. The van der Waals surface area contributed by atoms with Gasteiger partial charge in [-0.2, -0.15) is 0 Å². The summed E-state index contributed by atoms with van der Waals surface area (Å²) in [6.45, 7) is 5.46. The Balaban J connectivity index is 2.62. The zero-order valence-electron chi connectivity index (χ0n) is 14.3. The average molecular weight is 326 g/mol. The van der Waals surface area contributed by atoms with Crippen molar-refractivity contribution in [1.82, 2.24) is 0 Å². The van der Waals surface area contributed by atoms with E-state index in [9.17, 15) is 9.00 Å². The third-order valence-electron chi connectivity index (χ3n) is 3.48. The van der Waals surface area contributed by atoms with E-state index in [1.165, 1.54) is 0 Å². The van der Waals surface area contributed by atoms with E-state index in [4.69, 9.17) is 0 Å². The van der Waals surface area contributed by atoms with Gasteiger partial charge in [-0.25, -0.2) is 0 Å². The number of hydrogen-bond acceptors (Lipinski definition) is 2. The lowest BCUT2D eigenvalue weighted by Crippen LogP contribution is -2.31. The highest BCUT2D eigenvalue weighted by atomic mass is 32.2. The van der Waals surface area contributed by atoms with Crippen molar-refractivity contribution in [2.24, 2.45) is 5.41 Å². The molecule has 2 nitrogen and oxygen atoms in total. The fraction of sp³-hybridized carbons (Fsp3) is 0.300. The number of carbonyl (C=O) groups is 1. The molecule has 0 saturated heterocycles. The minimum absolute atomic E-state index is 0.153. The molecule has 0 bridgehead atoms. The minimum Gasteiger partial charge on any atom is -0.292 e. The molecule has 0 N–H and O–H groups in total. The molecular weight excluding hydrogens is 304 g/mol. The van der Waals surface area contributed by atoms with Gasteiger partial charge in [-0.1, -0.05) is 63.1 Å². The first-order valence-corrected chi connectivity index (χ1v) is 9.84. The average Bonchev–Trinajstić information content (AvgIpc) is 2.45. The number of carbonyl (C=O) groups excluding carboxylic acids is 1. The second kappa shape index (κ2) is 6.22. The lowest BCUT2D eigenvalue weighted by molar-refractivity contribution is -0.119. The number of ketones is 1. The molecule has 0 heterocycles. The van der Waals surface area contributed by atoms with E-state index < -0.39 is 14.9 Å². The molecule has 0 atom stereocenters. The highest BCUT2D eigenvalue weighted by molar-refractivity contribution is 8.02. The number of Topliss-reactive ketones (excluding diaryl/α,β-unsaturated/α-hetero) is 1. The minimum atomic E-state index is -2.43. The number of fused-ring (bicyclic) bond motifs is 1. The Morgan fingerprint density at radius 3 is 2.22 bits per heavy atom. The first-order chi connectivity index (χ1) is 10.6. The molecule has 0 amide bonds. The molecule has 3 heteroatoms. The van der Waals surface area contributed by atoms with E-state index >= 15 is 0 Å². The summed E-state index contributed by atoms with van der Waals surface area (Å²) in [5, 5.41) is 2.13. The third-order valence-corrected chi connectivity index (χ3v) is 4.75. The van der Waals surface area contributed by atoms with Crippen LogP contribution in [0.3, 0.4) is 0 Å². The quantitative estimate of drug-likeness (QED) is 0.593. The van der Waals surface area contributed by atoms with Crippen LogP contribution in [0.2, 0.25) is 0 Å². The summed E-state index contributed by atoms with van der Waals surface area (Å²) >= 11 is 0. The number of rotatable bonds is 1. The summed E-state index contributed by atoms with van der Waals surface area (Å²) in [6.07, 6.45) is 3.15. The topological polar surface area (TPSA) is 34.1 Å². The monoisotopic (exact) mass is 326 g/mol. The van der Waals surface area contributed by atoms with Gasteiger partial charge in [0.05, 0.1) is 0 Å². The maximum Gasteiger partial charge on any atom is 0.184 e. The van der Waals surface area contributed by atoms with Crippen LogP contribution in [0.25, 0.3) is 10.8 Å². The van der Waals surface area contributed by atoms with Gasteiger partial charge in [0.2, 0.25) is 0 Å². The normalized spacial score (nSPS) is 11.7. The van der Waals surface area contributed by atoms with Gasteiger partial charge in [-0.05, 0) is 32.3 Å². The van der Waals surface area contributed by atoms with Gasteiger partial charge in [0.25, 0.3) is 0 Å². The van der Waals surface area contributed by atoms with E-state index in [0.29, 0.717) is 0 Å². The lowest BCUT2D eigenvalue weighted by atomic mass is 9.89. The smallest absolute Gasteiger partial charge is 0.184 e. The van der Waals surface area contributed by atoms with Crippen molar-refractivity contribution in [2.75, 3.05) is 12.5 Å². The van der Waals surface area contributed by atoms with Gasteiger partial charge in [0.15, 0.2) is 5.78 Å². The van der Waals surface area contributed by atoms with Crippen molar-refractivity contribution in [1.29, 1.82) is 0 Å². The predicted molar refractivity (Wildman–Crippen MR) is 100 cm³/mol. The van der Waals surface area contributed by atoms with Crippen LogP contribution in [0.1, 0.15) is 26.3 Å². The van der Waals surface area contributed by atoms with E-state index in [1.807, 2.05) is 63.2 Å². The second-order valence-corrected chi connectivity index (χ2v) is 9.79. The largest absolute Gasteiger partial charge is 0.292 e. The summed E-state index contributed by atoms with van der Waals surface area (Å²) < 4.78 is 12.5. The standard InChI is InChI=1S/C20H22O2S/c1-20(2,3)19(21)18(23(4,5)22)14-13-16-11-8-10-15-9-6-7-12-17(15)16/h6-12H,1-5H3. The Hall–Kier alpha value is -2.05. The molecule has 0 fully saturated rings. The van der Waals surface area contributed by atoms with Gasteiger partial charge >= 0.3 is 0 Å². The molecule has 0 aliphatic rings. The molecular formula is C20H22O2S. The first kappa shape index (κ1) is 17.3. The van der Waals surface area contributed by atoms with Crippen LogP contribution >= 0.6 is 0 Å². The fourth-order valence-corrected chi connectivity index (χ4v) is 3.25. The third kappa shape index (κ3) is 4.03. The van der Waals surface area contributed by atoms with Gasteiger partial charge in [0, 0.05) is 23.5 Å².